The number of imidazole rings is 1. The Morgan fingerprint density at radius 3 is 2.59 bits per heavy atom. The van der Waals surface area contributed by atoms with Gasteiger partial charge in [0.2, 0.25) is 0 Å². The van der Waals surface area contributed by atoms with Crippen LogP contribution in [0.2, 0.25) is 0 Å². The SMILES string of the molecule is Cn1cnc(S(=O)(=O)NCc2ccc3c(c2)C(Cc2ccccc2)C(NCC2CCC2OC(=O)C(F)(F)F)CO3)c1. The van der Waals surface area contributed by atoms with Crippen molar-refractivity contribution in [1.29, 1.82) is 0 Å². The van der Waals surface area contributed by atoms with Gasteiger partial charge in [-0.3, -0.25) is 0 Å². The van der Waals surface area contributed by atoms with Gasteiger partial charge >= 0.3 is 12.1 Å². The molecule has 41 heavy (non-hydrogen) atoms. The minimum absolute atomic E-state index is 0.0522. The van der Waals surface area contributed by atoms with E-state index in [0.29, 0.717) is 38.2 Å². The van der Waals surface area contributed by atoms with E-state index in [9.17, 15) is 26.4 Å². The number of rotatable bonds is 10. The lowest BCUT2D eigenvalue weighted by atomic mass is 9.80. The summed E-state index contributed by atoms with van der Waals surface area (Å²) < 4.78 is 78.2. The molecule has 0 radical (unpaired) electrons. The van der Waals surface area contributed by atoms with Crippen molar-refractivity contribution in [1.82, 2.24) is 19.6 Å². The van der Waals surface area contributed by atoms with Crippen LogP contribution in [0.15, 0.2) is 66.1 Å². The second kappa shape index (κ2) is 11.8. The van der Waals surface area contributed by atoms with Gasteiger partial charge in [0, 0.05) is 44.2 Å². The summed E-state index contributed by atoms with van der Waals surface area (Å²) in [5.74, 6) is -1.76. The number of benzene rings is 2. The van der Waals surface area contributed by atoms with Crippen LogP contribution in [0.25, 0.3) is 0 Å². The van der Waals surface area contributed by atoms with Gasteiger partial charge in [0.05, 0.1) is 6.33 Å². The third-order valence-corrected chi connectivity index (χ3v) is 8.86. The summed E-state index contributed by atoms with van der Waals surface area (Å²) in [7, 11) is -2.11. The highest BCUT2D eigenvalue weighted by Gasteiger charge is 2.45. The predicted octanol–water partition coefficient (Wildman–Crippen LogP) is 3.46. The summed E-state index contributed by atoms with van der Waals surface area (Å²) in [6.45, 7) is 0.764. The molecule has 1 aromatic heterocycles. The van der Waals surface area contributed by atoms with Gasteiger partial charge in [0.1, 0.15) is 18.5 Å². The van der Waals surface area contributed by atoms with Crippen LogP contribution in [0.4, 0.5) is 13.2 Å². The van der Waals surface area contributed by atoms with Crippen molar-refractivity contribution in [3.05, 3.63) is 77.7 Å². The zero-order valence-corrected chi connectivity index (χ0v) is 23.1. The van der Waals surface area contributed by atoms with Crippen molar-refractivity contribution < 1.29 is 35.9 Å². The Balaban J connectivity index is 1.31. The first-order chi connectivity index (χ1) is 19.5. The Labute approximate surface area is 236 Å². The van der Waals surface area contributed by atoms with Crippen molar-refractivity contribution in [3.8, 4) is 5.75 Å². The minimum atomic E-state index is -5.02. The van der Waals surface area contributed by atoms with E-state index in [2.05, 4.69) is 19.8 Å². The number of hydrogen-bond acceptors (Lipinski definition) is 7. The van der Waals surface area contributed by atoms with Crippen LogP contribution in [0.3, 0.4) is 0 Å². The maximum Gasteiger partial charge on any atom is 0.490 e. The molecule has 1 fully saturated rings. The number of ether oxygens (including phenoxy) is 2. The number of nitrogens with one attached hydrogen (secondary N) is 2. The number of fused-ring (bicyclic) bond motifs is 1. The predicted molar refractivity (Wildman–Crippen MR) is 143 cm³/mol. The number of halogens is 3. The second-order valence-corrected chi connectivity index (χ2v) is 12.2. The average molecular weight is 593 g/mol. The third kappa shape index (κ3) is 6.91. The van der Waals surface area contributed by atoms with Crippen LogP contribution in [-0.2, 0) is 39.6 Å². The standard InChI is InChI=1S/C28H31F3N4O5S/c1-35-15-26(33-17-35)41(37,38)34-13-19-7-9-25-22(12-19)21(11-18-5-3-2-4-6-18)23(16-39-25)32-14-20-8-10-24(20)40-27(36)28(29,30)31/h2-7,9,12,15,17,20-21,23-24,32,34H,8,10-11,13-14,16H2,1H3. The molecule has 5 rings (SSSR count). The molecule has 9 nitrogen and oxygen atoms in total. The van der Waals surface area contributed by atoms with Crippen molar-refractivity contribution in [2.45, 2.75) is 55.1 Å². The Bertz CT molecular complexity index is 1480. The number of aromatic nitrogens is 2. The average Bonchev–Trinajstić information content (AvgIpc) is 3.38. The largest absolute Gasteiger partial charge is 0.492 e. The molecule has 2 heterocycles. The van der Waals surface area contributed by atoms with E-state index in [1.165, 1.54) is 12.5 Å². The van der Waals surface area contributed by atoms with E-state index in [0.717, 1.165) is 16.7 Å². The normalized spacial score (nSPS) is 22.3. The molecule has 1 saturated carbocycles. The molecule has 13 heteroatoms. The molecule has 220 valence electrons. The van der Waals surface area contributed by atoms with Gasteiger partial charge in [-0.05, 0) is 42.0 Å². The lowest BCUT2D eigenvalue weighted by Gasteiger charge is -2.39. The van der Waals surface area contributed by atoms with E-state index < -0.39 is 28.3 Å². The van der Waals surface area contributed by atoms with Gasteiger partial charge in [0.25, 0.3) is 10.0 Å². The van der Waals surface area contributed by atoms with Gasteiger partial charge in [-0.25, -0.2) is 22.9 Å². The molecule has 4 atom stereocenters. The summed E-state index contributed by atoms with van der Waals surface area (Å²) in [5.41, 5.74) is 2.74. The van der Waals surface area contributed by atoms with Gasteiger partial charge in [0.15, 0.2) is 5.03 Å². The number of carbonyl (C=O) groups excluding carboxylic acids is 1. The molecule has 0 saturated heterocycles. The lowest BCUT2D eigenvalue weighted by Crippen LogP contribution is -2.50. The topological polar surface area (TPSA) is 112 Å². The number of sulfonamides is 1. The van der Waals surface area contributed by atoms with Gasteiger partial charge in [-0.2, -0.15) is 13.2 Å². The number of alkyl halides is 3. The highest BCUT2D eigenvalue weighted by Crippen LogP contribution is 2.38. The first kappa shape index (κ1) is 29.1. The highest BCUT2D eigenvalue weighted by atomic mass is 32.2. The van der Waals surface area contributed by atoms with Crippen molar-refractivity contribution in [2.75, 3.05) is 13.2 Å². The molecular formula is C28H31F3N4O5S. The molecule has 4 unspecified atom stereocenters. The van der Waals surface area contributed by atoms with E-state index in [-0.39, 0.29) is 29.4 Å². The summed E-state index contributed by atoms with van der Waals surface area (Å²) in [5, 5.41) is 3.39. The van der Waals surface area contributed by atoms with Crippen molar-refractivity contribution in [2.24, 2.45) is 13.0 Å². The minimum Gasteiger partial charge on any atom is -0.492 e. The summed E-state index contributed by atoms with van der Waals surface area (Å²) in [4.78, 5) is 15.2. The zero-order valence-electron chi connectivity index (χ0n) is 22.3. The number of aryl methyl sites for hydroxylation is 1. The summed E-state index contributed by atoms with van der Waals surface area (Å²) in [6, 6.07) is 15.3. The van der Waals surface area contributed by atoms with E-state index in [1.807, 2.05) is 42.5 Å². The molecule has 0 bridgehead atoms. The van der Waals surface area contributed by atoms with Gasteiger partial charge in [-0.1, -0.05) is 42.5 Å². The fourth-order valence-corrected chi connectivity index (χ4v) is 6.17. The van der Waals surface area contributed by atoms with Gasteiger partial charge in [-0.15, -0.1) is 0 Å². The quantitative estimate of drug-likeness (QED) is 0.347. The molecule has 2 aromatic carbocycles. The molecular weight excluding hydrogens is 561 g/mol. The zero-order chi connectivity index (χ0) is 29.2. The molecule has 1 aliphatic heterocycles. The van der Waals surface area contributed by atoms with Crippen LogP contribution < -0.4 is 14.8 Å². The Morgan fingerprint density at radius 2 is 1.93 bits per heavy atom. The Kier molecular flexibility index (Phi) is 8.39. The lowest BCUT2D eigenvalue weighted by molar-refractivity contribution is -0.211. The third-order valence-electron chi connectivity index (χ3n) is 7.58. The number of nitrogens with zero attached hydrogens (tertiary/aromatic N) is 2. The Morgan fingerprint density at radius 1 is 1.15 bits per heavy atom. The number of carbonyl (C=O) groups is 1. The molecule has 1 aliphatic carbocycles. The Hall–Kier alpha value is -3.42. The van der Waals surface area contributed by atoms with Crippen LogP contribution in [0.1, 0.15) is 35.4 Å². The van der Waals surface area contributed by atoms with E-state index >= 15 is 0 Å². The fraction of sp³-hybridized carbons (Fsp3) is 0.429. The van der Waals surface area contributed by atoms with Crippen LogP contribution in [0.5, 0.6) is 5.75 Å². The van der Waals surface area contributed by atoms with Crippen LogP contribution in [0, 0.1) is 5.92 Å². The molecule has 3 aromatic rings. The smallest absolute Gasteiger partial charge is 0.490 e. The second-order valence-electron chi connectivity index (χ2n) is 10.5. The first-order valence-electron chi connectivity index (χ1n) is 13.3. The van der Waals surface area contributed by atoms with E-state index in [1.54, 1.807) is 17.7 Å². The van der Waals surface area contributed by atoms with Gasteiger partial charge < -0.3 is 19.4 Å². The van der Waals surface area contributed by atoms with Crippen LogP contribution >= 0.6 is 0 Å². The fourth-order valence-electron chi connectivity index (χ4n) is 5.18. The number of hydrogen-bond donors (Lipinski definition) is 2. The molecule has 0 spiro atoms. The van der Waals surface area contributed by atoms with Crippen molar-refractivity contribution in [3.63, 3.8) is 0 Å². The van der Waals surface area contributed by atoms with Crippen LogP contribution in [-0.4, -0.2) is 55.4 Å². The molecule has 2 aliphatic rings. The summed E-state index contributed by atoms with van der Waals surface area (Å²) in [6.07, 6.45) is -1.25. The van der Waals surface area contributed by atoms with Crippen molar-refractivity contribution >= 4 is 16.0 Å². The van der Waals surface area contributed by atoms with E-state index in [4.69, 9.17) is 4.74 Å². The highest BCUT2D eigenvalue weighted by molar-refractivity contribution is 7.89. The monoisotopic (exact) mass is 592 g/mol. The summed E-state index contributed by atoms with van der Waals surface area (Å²) >= 11 is 0. The first-order valence-corrected chi connectivity index (χ1v) is 14.8. The maximum absolute atomic E-state index is 12.7. The number of esters is 1. The maximum atomic E-state index is 12.7. The molecule has 2 N–H and O–H groups in total. The molecule has 0 amide bonds.